The Morgan fingerprint density at radius 3 is 2.37 bits per heavy atom. The molecule has 0 bridgehead atoms. The summed E-state index contributed by atoms with van der Waals surface area (Å²) in [6.07, 6.45) is 0. The van der Waals surface area contributed by atoms with E-state index in [1.165, 1.54) is 6.92 Å². The van der Waals surface area contributed by atoms with Crippen molar-refractivity contribution >= 4 is 31.7 Å². The molecule has 0 aliphatic heterocycles. The largest absolute Gasteiger partial charge is 0.480 e. The smallest absolute Gasteiger partial charge is 0.325 e. The zero-order chi connectivity index (χ0) is 14.4. The number of hydrogen-bond acceptors (Lipinski definition) is 4. The number of sulfone groups is 1. The molecule has 1 aliphatic rings. The van der Waals surface area contributed by atoms with Crippen LogP contribution in [0.15, 0.2) is 28.7 Å². The molecule has 0 amide bonds. The van der Waals surface area contributed by atoms with E-state index in [0.29, 0.717) is 5.56 Å². The van der Waals surface area contributed by atoms with E-state index in [9.17, 15) is 18.3 Å². The average molecular weight is 348 g/mol. The molecule has 0 radical (unpaired) electrons. The van der Waals surface area contributed by atoms with Crippen molar-refractivity contribution in [2.75, 3.05) is 5.75 Å². The lowest BCUT2D eigenvalue weighted by Gasteiger charge is -2.05. The molecule has 0 unspecified atom stereocenters. The first kappa shape index (κ1) is 14.5. The van der Waals surface area contributed by atoms with Gasteiger partial charge in [-0.05, 0) is 17.7 Å². The molecular formula is C12H14BrNO4S. The number of carboxylic acids is 1. The Morgan fingerprint density at radius 1 is 1.42 bits per heavy atom. The lowest BCUT2D eigenvalue weighted by atomic mass is 10.1. The standard InChI is InChI=1S/C12H14BrNO4S/c1-2-19(17,18)10-9(12(10,14)11(15)16)7-3-5-8(13)6-4-7/h3-6,9-10H,2,14H2,1H3,(H,15,16)/t9-,10+,12+/m0/s1. The maximum atomic E-state index is 12.0. The summed E-state index contributed by atoms with van der Waals surface area (Å²) < 4.78 is 24.8. The number of aliphatic carboxylic acids is 1. The average Bonchev–Trinajstić information content (AvgIpc) is 2.99. The van der Waals surface area contributed by atoms with E-state index < -0.39 is 32.5 Å². The minimum Gasteiger partial charge on any atom is -0.480 e. The number of nitrogens with two attached hydrogens (primary N) is 1. The van der Waals surface area contributed by atoms with Gasteiger partial charge >= 0.3 is 5.97 Å². The van der Waals surface area contributed by atoms with Crippen molar-refractivity contribution in [1.82, 2.24) is 0 Å². The van der Waals surface area contributed by atoms with Gasteiger partial charge in [0.05, 0.1) is 5.25 Å². The normalized spacial score (nSPS) is 30.1. The maximum Gasteiger partial charge on any atom is 0.325 e. The molecule has 104 valence electrons. The molecule has 0 aromatic heterocycles. The Labute approximate surface area is 119 Å². The fourth-order valence-corrected chi connectivity index (χ4v) is 4.62. The second kappa shape index (κ2) is 4.57. The van der Waals surface area contributed by atoms with E-state index in [1.807, 2.05) is 0 Å². The molecule has 3 atom stereocenters. The molecule has 1 aromatic carbocycles. The third kappa shape index (κ3) is 2.19. The molecule has 1 aromatic rings. The Balaban J connectivity index is 2.45. The first-order valence-electron chi connectivity index (χ1n) is 5.74. The van der Waals surface area contributed by atoms with Gasteiger partial charge in [-0.1, -0.05) is 35.0 Å². The van der Waals surface area contributed by atoms with Crippen LogP contribution in [0, 0.1) is 0 Å². The van der Waals surface area contributed by atoms with Crippen molar-refractivity contribution in [3.05, 3.63) is 34.3 Å². The van der Waals surface area contributed by atoms with Crippen molar-refractivity contribution in [1.29, 1.82) is 0 Å². The van der Waals surface area contributed by atoms with Gasteiger partial charge in [-0.3, -0.25) is 4.79 Å². The van der Waals surface area contributed by atoms with Crippen molar-refractivity contribution in [2.45, 2.75) is 23.6 Å². The van der Waals surface area contributed by atoms with Crippen LogP contribution in [0.1, 0.15) is 18.4 Å². The molecule has 1 saturated carbocycles. The van der Waals surface area contributed by atoms with E-state index in [-0.39, 0.29) is 5.75 Å². The highest BCUT2D eigenvalue weighted by Gasteiger charge is 2.73. The van der Waals surface area contributed by atoms with Crippen LogP contribution in [0.5, 0.6) is 0 Å². The van der Waals surface area contributed by atoms with Crippen molar-refractivity contribution in [2.24, 2.45) is 5.73 Å². The minimum absolute atomic E-state index is 0.114. The van der Waals surface area contributed by atoms with Crippen LogP contribution in [0.4, 0.5) is 0 Å². The second-order valence-corrected chi connectivity index (χ2v) is 7.97. The number of rotatable bonds is 4. The van der Waals surface area contributed by atoms with E-state index >= 15 is 0 Å². The fourth-order valence-electron chi connectivity index (χ4n) is 2.43. The maximum absolute atomic E-state index is 12.0. The first-order chi connectivity index (χ1) is 8.75. The third-order valence-corrected chi connectivity index (χ3v) is 6.34. The fraction of sp³-hybridized carbons (Fsp3) is 0.417. The van der Waals surface area contributed by atoms with Crippen molar-refractivity contribution < 1.29 is 18.3 Å². The van der Waals surface area contributed by atoms with E-state index in [4.69, 9.17) is 5.73 Å². The van der Waals surface area contributed by atoms with Gasteiger partial charge in [0.2, 0.25) is 0 Å². The minimum atomic E-state index is -3.50. The lowest BCUT2D eigenvalue weighted by molar-refractivity contribution is -0.139. The van der Waals surface area contributed by atoms with Crippen LogP contribution in [0.25, 0.3) is 0 Å². The van der Waals surface area contributed by atoms with Gasteiger partial charge in [0.1, 0.15) is 5.54 Å². The van der Waals surface area contributed by atoms with E-state index in [1.54, 1.807) is 24.3 Å². The third-order valence-electron chi connectivity index (χ3n) is 3.57. The van der Waals surface area contributed by atoms with Crippen LogP contribution < -0.4 is 5.73 Å². The molecule has 5 nitrogen and oxygen atoms in total. The summed E-state index contributed by atoms with van der Waals surface area (Å²) in [5.74, 6) is -2.08. The summed E-state index contributed by atoms with van der Waals surface area (Å²) in [7, 11) is -3.50. The molecule has 1 fully saturated rings. The highest BCUT2D eigenvalue weighted by Crippen LogP contribution is 2.54. The monoisotopic (exact) mass is 347 g/mol. The van der Waals surface area contributed by atoms with Gasteiger partial charge in [-0.25, -0.2) is 8.42 Å². The quantitative estimate of drug-likeness (QED) is 0.850. The Hall–Kier alpha value is -0.920. The summed E-state index contributed by atoms with van der Waals surface area (Å²) in [5.41, 5.74) is 4.73. The molecular weight excluding hydrogens is 334 g/mol. The predicted molar refractivity (Wildman–Crippen MR) is 74.7 cm³/mol. The number of carbonyl (C=O) groups is 1. The number of hydrogen-bond donors (Lipinski definition) is 2. The second-order valence-electron chi connectivity index (χ2n) is 4.64. The number of carboxylic acid groups (broad SMARTS) is 1. The topological polar surface area (TPSA) is 97.5 Å². The molecule has 3 N–H and O–H groups in total. The van der Waals surface area contributed by atoms with Gasteiger partial charge < -0.3 is 10.8 Å². The molecule has 2 rings (SSSR count). The Morgan fingerprint density at radius 2 is 1.95 bits per heavy atom. The molecule has 0 heterocycles. The summed E-state index contributed by atoms with van der Waals surface area (Å²) in [4.78, 5) is 11.3. The SMILES string of the molecule is CCS(=O)(=O)[C@@H]1[C@H](c2ccc(Br)cc2)[C@]1(N)C(=O)O. The molecule has 0 saturated heterocycles. The summed E-state index contributed by atoms with van der Waals surface area (Å²) >= 11 is 3.27. The highest BCUT2D eigenvalue weighted by atomic mass is 79.9. The van der Waals surface area contributed by atoms with Crippen LogP contribution >= 0.6 is 15.9 Å². The molecule has 1 aliphatic carbocycles. The molecule has 19 heavy (non-hydrogen) atoms. The summed E-state index contributed by atoms with van der Waals surface area (Å²) in [6.45, 7) is 1.49. The van der Waals surface area contributed by atoms with Crippen LogP contribution in [-0.2, 0) is 14.6 Å². The number of halogens is 1. The predicted octanol–water partition coefficient (Wildman–Crippen LogP) is 1.13. The van der Waals surface area contributed by atoms with Crippen LogP contribution in [0.3, 0.4) is 0 Å². The zero-order valence-corrected chi connectivity index (χ0v) is 12.6. The first-order valence-corrected chi connectivity index (χ1v) is 8.25. The molecule has 7 heteroatoms. The van der Waals surface area contributed by atoms with Crippen LogP contribution in [0.2, 0.25) is 0 Å². The van der Waals surface area contributed by atoms with Gasteiger partial charge in [0.15, 0.2) is 9.84 Å². The van der Waals surface area contributed by atoms with E-state index in [0.717, 1.165) is 4.47 Å². The van der Waals surface area contributed by atoms with Gasteiger partial charge in [-0.15, -0.1) is 0 Å². The van der Waals surface area contributed by atoms with Crippen molar-refractivity contribution in [3.63, 3.8) is 0 Å². The zero-order valence-electron chi connectivity index (χ0n) is 10.2. The van der Waals surface area contributed by atoms with E-state index in [2.05, 4.69) is 15.9 Å². The van der Waals surface area contributed by atoms with Crippen LogP contribution in [-0.4, -0.2) is 36.0 Å². The lowest BCUT2D eigenvalue weighted by Crippen LogP contribution is -2.40. The van der Waals surface area contributed by atoms with Gasteiger partial charge in [-0.2, -0.15) is 0 Å². The van der Waals surface area contributed by atoms with Gasteiger partial charge in [0, 0.05) is 16.1 Å². The van der Waals surface area contributed by atoms with Gasteiger partial charge in [0.25, 0.3) is 0 Å². The summed E-state index contributed by atoms with van der Waals surface area (Å²) in [6, 6.07) is 6.88. The highest BCUT2D eigenvalue weighted by molar-refractivity contribution is 9.10. The summed E-state index contributed by atoms with van der Waals surface area (Å²) in [5, 5.41) is 8.18. The Bertz CT molecular complexity index is 613. The number of benzene rings is 1. The Kier molecular flexibility index (Phi) is 3.49. The molecule has 0 spiro atoms. The van der Waals surface area contributed by atoms with Crippen molar-refractivity contribution in [3.8, 4) is 0 Å².